The molecular formula is C42H28N4. The molecule has 216 valence electrons. The normalized spacial score (nSPS) is 11.6. The number of nitrogens with zero attached hydrogens (tertiary/aromatic N) is 4. The van der Waals surface area contributed by atoms with Gasteiger partial charge in [-0.05, 0) is 97.0 Å². The van der Waals surface area contributed by atoms with Crippen molar-refractivity contribution in [2.75, 3.05) is 0 Å². The minimum Gasteiger partial charge on any atom is -0.326 e. The molecule has 0 spiro atoms. The predicted molar refractivity (Wildman–Crippen MR) is 191 cm³/mol. The van der Waals surface area contributed by atoms with Crippen LogP contribution >= 0.6 is 0 Å². The minimum absolute atomic E-state index is 0.819. The molecule has 0 saturated carbocycles. The van der Waals surface area contributed by atoms with Gasteiger partial charge in [0.1, 0.15) is 5.69 Å². The largest absolute Gasteiger partial charge is 0.326 e. The van der Waals surface area contributed by atoms with E-state index in [9.17, 15) is 0 Å². The Morgan fingerprint density at radius 3 is 1.74 bits per heavy atom. The number of aryl methyl sites for hydroxylation is 1. The van der Waals surface area contributed by atoms with Crippen LogP contribution < -0.4 is 0 Å². The highest BCUT2D eigenvalue weighted by Crippen LogP contribution is 2.44. The van der Waals surface area contributed by atoms with Gasteiger partial charge in [-0.3, -0.25) is 4.98 Å². The van der Waals surface area contributed by atoms with E-state index in [-0.39, 0.29) is 0 Å². The fourth-order valence-electron chi connectivity index (χ4n) is 6.90. The topological polar surface area (TPSA) is 43.6 Å². The molecule has 9 rings (SSSR count). The van der Waals surface area contributed by atoms with Crippen LogP contribution in [0.1, 0.15) is 0 Å². The van der Waals surface area contributed by atoms with Crippen LogP contribution in [0.5, 0.6) is 0 Å². The first-order valence-electron chi connectivity index (χ1n) is 15.5. The average Bonchev–Trinajstić information content (AvgIpc) is 3.46. The third-order valence-corrected chi connectivity index (χ3v) is 9.04. The van der Waals surface area contributed by atoms with Crippen LogP contribution in [-0.2, 0) is 7.05 Å². The van der Waals surface area contributed by atoms with Gasteiger partial charge in [0.2, 0.25) is 0 Å². The Balaban J connectivity index is 1.24. The molecule has 0 saturated heterocycles. The van der Waals surface area contributed by atoms with Gasteiger partial charge in [-0.1, -0.05) is 103 Å². The Kier molecular flexibility index (Phi) is 6.00. The number of hydrogen-bond donors (Lipinski definition) is 0. The molecule has 0 atom stereocenters. The van der Waals surface area contributed by atoms with Crippen LogP contribution in [0.2, 0.25) is 0 Å². The summed E-state index contributed by atoms with van der Waals surface area (Å²) in [7, 11) is 2.06. The molecule has 0 amide bonds. The first-order chi connectivity index (χ1) is 22.7. The van der Waals surface area contributed by atoms with Crippen molar-refractivity contribution in [3.63, 3.8) is 0 Å². The van der Waals surface area contributed by atoms with Crippen molar-refractivity contribution in [3.8, 4) is 45.2 Å². The standard InChI is InChI=1S/C42H28N4/c1-46-39-23-22-30(26-38(39)45-42(46)37-19-10-18-36(44-37)35-17-8-9-24-43-35)41-33-15-6-4-13-31(33)40(32-14-5-7-16-34(32)41)29-21-20-27-11-2-3-12-28(27)25-29/h2-26H,1H3. The summed E-state index contributed by atoms with van der Waals surface area (Å²) < 4.78 is 2.13. The molecule has 3 aromatic heterocycles. The van der Waals surface area contributed by atoms with Crippen LogP contribution in [0.25, 0.3) is 88.5 Å². The van der Waals surface area contributed by atoms with Gasteiger partial charge in [0.25, 0.3) is 0 Å². The van der Waals surface area contributed by atoms with Crippen molar-refractivity contribution in [3.05, 3.63) is 152 Å². The summed E-state index contributed by atoms with van der Waals surface area (Å²) in [6.45, 7) is 0. The summed E-state index contributed by atoms with van der Waals surface area (Å²) in [5.41, 5.74) is 9.34. The fourth-order valence-corrected chi connectivity index (χ4v) is 6.90. The lowest BCUT2D eigenvalue weighted by Crippen LogP contribution is -1.96. The van der Waals surface area contributed by atoms with Gasteiger partial charge < -0.3 is 4.57 Å². The number of aromatic nitrogens is 4. The van der Waals surface area contributed by atoms with Crippen molar-refractivity contribution in [2.45, 2.75) is 0 Å². The quantitative estimate of drug-likeness (QED) is 0.192. The highest BCUT2D eigenvalue weighted by molar-refractivity contribution is 6.22. The lowest BCUT2D eigenvalue weighted by Gasteiger charge is -2.18. The maximum atomic E-state index is 5.14. The van der Waals surface area contributed by atoms with E-state index in [0.29, 0.717) is 0 Å². The van der Waals surface area contributed by atoms with E-state index >= 15 is 0 Å². The first kappa shape index (κ1) is 26.3. The van der Waals surface area contributed by atoms with Gasteiger partial charge in [0.15, 0.2) is 5.82 Å². The molecule has 9 aromatic rings. The number of benzene rings is 6. The third kappa shape index (κ3) is 4.19. The van der Waals surface area contributed by atoms with E-state index in [1.54, 1.807) is 6.20 Å². The molecule has 0 N–H and O–H groups in total. The Labute approximate surface area is 266 Å². The Morgan fingerprint density at radius 2 is 1.04 bits per heavy atom. The lowest BCUT2D eigenvalue weighted by atomic mass is 9.85. The summed E-state index contributed by atoms with van der Waals surface area (Å²) in [6.07, 6.45) is 1.79. The second-order valence-electron chi connectivity index (χ2n) is 11.7. The van der Waals surface area contributed by atoms with Crippen LogP contribution in [0, 0.1) is 0 Å². The highest BCUT2D eigenvalue weighted by Gasteiger charge is 2.19. The van der Waals surface area contributed by atoms with E-state index in [1.165, 1.54) is 49.0 Å². The Hall–Kier alpha value is -6.13. The van der Waals surface area contributed by atoms with Gasteiger partial charge in [0.05, 0.1) is 22.4 Å². The molecule has 4 nitrogen and oxygen atoms in total. The summed E-state index contributed by atoms with van der Waals surface area (Å²) >= 11 is 0. The van der Waals surface area contributed by atoms with Gasteiger partial charge in [-0.2, -0.15) is 0 Å². The molecule has 0 fully saturated rings. The zero-order valence-electron chi connectivity index (χ0n) is 25.2. The lowest BCUT2D eigenvalue weighted by molar-refractivity contribution is 0.950. The SMILES string of the molecule is Cn1c(-c2cccc(-c3ccccn3)n2)nc2cc(-c3c4ccccc4c(-c4ccc5ccccc5c4)c4ccccc34)ccc21. The molecule has 0 aliphatic carbocycles. The average molecular weight is 589 g/mol. The van der Waals surface area contributed by atoms with Crippen LogP contribution in [-0.4, -0.2) is 19.5 Å². The number of rotatable bonds is 4. The summed E-state index contributed by atoms with van der Waals surface area (Å²) in [6, 6.07) is 51.5. The number of hydrogen-bond acceptors (Lipinski definition) is 3. The molecule has 0 radical (unpaired) electrons. The van der Waals surface area contributed by atoms with Crippen LogP contribution in [0.4, 0.5) is 0 Å². The Morgan fingerprint density at radius 1 is 0.457 bits per heavy atom. The van der Waals surface area contributed by atoms with Crippen LogP contribution in [0.15, 0.2) is 152 Å². The molecule has 3 heterocycles. The van der Waals surface area contributed by atoms with Gasteiger partial charge in [-0.25, -0.2) is 9.97 Å². The number of pyridine rings is 2. The summed E-state index contributed by atoms with van der Waals surface area (Å²) in [4.78, 5) is 14.6. The minimum atomic E-state index is 0.819. The van der Waals surface area contributed by atoms with Gasteiger partial charge >= 0.3 is 0 Å². The van der Waals surface area contributed by atoms with Gasteiger partial charge in [-0.15, -0.1) is 0 Å². The summed E-state index contributed by atoms with van der Waals surface area (Å²) in [5, 5.41) is 7.42. The fraction of sp³-hybridized carbons (Fsp3) is 0.0238. The zero-order chi connectivity index (χ0) is 30.6. The highest BCUT2D eigenvalue weighted by atomic mass is 15.1. The summed E-state index contributed by atoms with van der Waals surface area (Å²) in [5.74, 6) is 0.825. The van der Waals surface area contributed by atoms with E-state index in [4.69, 9.17) is 9.97 Å². The van der Waals surface area contributed by atoms with Crippen LogP contribution in [0.3, 0.4) is 0 Å². The Bertz CT molecular complexity index is 2540. The van der Waals surface area contributed by atoms with Crippen molar-refractivity contribution in [2.24, 2.45) is 7.05 Å². The third-order valence-electron chi connectivity index (χ3n) is 9.04. The van der Waals surface area contributed by atoms with Crippen molar-refractivity contribution >= 4 is 43.4 Å². The van der Waals surface area contributed by atoms with Gasteiger partial charge in [0, 0.05) is 13.2 Å². The zero-order valence-corrected chi connectivity index (χ0v) is 25.2. The smallest absolute Gasteiger partial charge is 0.159 e. The number of imidazole rings is 1. The molecule has 46 heavy (non-hydrogen) atoms. The van der Waals surface area contributed by atoms with Crippen molar-refractivity contribution in [1.82, 2.24) is 19.5 Å². The van der Waals surface area contributed by atoms with E-state index in [0.717, 1.165) is 39.5 Å². The predicted octanol–water partition coefficient (Wildman–Crippen LogP) is 10.5. The molecular weight excluding hydrogens is 560 g/mol. The van der Waals surface area contributed by atoms with E-state index in [1.807, 2.05) is 36.4 Å². The maximum absolute atomic E-state index is 5.14. The van der Waals surface area contributed by atoms with E-state index in [2.05, 4.69) is 126 Å². The molecule has 0 unspecified atom stereocenters. The van der Waals surface area contributed by atoms with Crippen molar-refractivity contribution in [1.29, 1.82) is 0 Å². The molecule has 0 aliphatic rings. The molecule has 0 bridgehead atoms. The molecule has 0 aliphatic heterocycles. The van der Waals surface area contributed by atoms with Crippen molar-refractivity contribution < 1.29 is 0 Å². The number of fused-ring (bicyclic) bond motifs is 4. The van der Waals surface area contributed by atoms with E-state index < -0.39 is 0 Å². The first-order valence-corrected chi connectivity index (χ1v) is 15.5. The second kappa shape index (κ2) is 10.5. The molecule has 4 heteroatoms. The monoisotopic (exact) mass is 588 g/mol. The second-order valence-corrected chi connectivity index (χ2v) is 11.7. The maximum Gasteiger partial charge on any atom is 0.159 e. The molecule has 6 aromatic carbocycles.